The van der Waals surface area contributed by atoms with Crippen molar-refractivity contribution in [3.63, 3.8) is 0 Å². The maximum absolute atomic E-state index is 13.4. The molecule has 0 saturated carbocycles. The highest BCUT2D eigenvalue weighted by Crippen LogP contribution is 2.43. The summed E-state index contributed by atoms with van der Waals surface area (Å²) in [4.78, 5) is 30.0. The van der Waals surface area contributed by atoms with Crippen LogP contribution in [0.5, 0.6) is 5.75 Å². The van der Waals surface area contributed by atoms with Crippen molar-refractivity contribution < 1.29 is 23.8 Å². The van der Waals surface area contributed by atoms with Crippen LogP contribution in [-0.4, -0.2) is 37.5 Å². The number of carbonyl (C=O) groups excluding carboxylic acids is 2. The number of aliphatic hydroxyl groups excluding tert-OH is 1. The first-order chi connectivity index (χ1) is 17.1. The lowest BCUT2D eigenvalue weighted by atomic mass is 9.95. The summed E-state index contributed by atoms with van der Waals surface area (Å²) < 4.78 is 11.6. The molecule has 1 aliphatic rings. The van der Waals surface area contributed by atoms with Crippen LogP contribution in [0.2, 0.25) is 0 Å². The molecule has 1 saturated heterocycles. The molecule has 0 aliphatic carbocycles. The average molecular weight is 489 g/mol. The summed E-state index contributed by atoms with van der Waals surface area (Å²) >= 11 is 0. The van der Waals surface area contributed by atoms with Crippen molar-refractivity contribution in [1.82, 2.24) is 0 Å². The zero-order valence-electron chi connectivity index (χ0n) is 21.5. The molecule has 1 atom stereocenters. The Kier molecular flexibility index (Phi) is 6.93. The van der Waals surface area contributed by atoms with Crippen LogP contribution in [0.3, 0.4) is 0 Å². The predicted molar refractivity (Wildman–Crippen MR) is 141 cm³/mol. The highest BCUT2D eigenvalue weighted by molar-refractivity contribution is 6.51. The number of hydrogen-bond acceptors (Lipinski definition) is 6. The molecule has 4 rings (SSSR count). The van der Waals surface area contributed by atoms with E-state index in [0.29, 0.717) is 29.4 Å². The third-order valence-electron chi connectivity index (χ3n) is 6.32. The Labute approximate surface area is 211 Å². The Bertz CT molecular complexity index is 1320. The smallest absolute Gasteiger partial charge is 0.300 e. The Morgan fingerprint density at radius 1 is 1.08 bits per heavy atom. The predicted octanol–water partition coefficient (Wildman–Crippen LogP) is 5.80. The van der Waals surface area contributed by atoms with Crippen LogP contribution >= 0.6 is 0 Å². The lowest BCUT2D eigenvalue weighted by Gasteiger charge is -2.24. The second-order valence-electron chi connectivity index (χ2n) is 9.37. The second kappa shape index (κ2) is 9.93. The highest BCUT2D eigenvalue weighted by Gasteiger charge is 2.48. The third-order valence-corrected chi connectivity index (χ3v) is 6.32. The number of nitrogens with zero attached hydrogens (tertiary/aromatic N) is 2. The van der Waals surface area contributed by atoms with Crippen molar-refractivity contribution in [3.8, 4) is 5.75 Å². The van der Waals surface area contributed by atoms with E-state index in [-0.39, 0.29) is 17.3 Å². The monoisotopic (exact) mass is 488 g/mol. The van der Waals surface area contributed by atoms with E-state index in [4.69, 9.17) is 9.15 Å². The normalized spacial score (nSPS) is 17.2. The lowest BCUT2D eigenvalue weighted by molar-refractivity contribution is -0.132. The molecular weight excluding hydrogens is 456 g/mol. The zero-order valence-corrected chi connectivity index (χ0v) is 21.5. The number of amides is 1. The number of hydrogen-bond donors (Lipinski definition) is 1. The Hall–Kier alpha value is -4.00. The summed E-state index contributed by atoms with van der Waals surface area (Å²) in [5, 5.41) is 11.4. The van der Waals surface area contributed by atoms with E-state index in [2.05, 4.69) is 0 Å². The maximum atomic E-state index is 13.4. The molecule has 2 heterocycles. The van der Waals surface area contributed by atoms with Crippen molar-refractivity contribution in [2.24, 2.45) is 0 Å². The fraction of sp³-hybridized carbons (Fsp3) is 0.310. The van der Waals surface area contributed by atoms with Crippen LogP contribution < -0.4 is 14.5 Å². The van der Waals surface area contributed by atoms with E-state index in [0.717, 1.165) is 17.0 Å². The number of carbonyl (C=O) groups is 2. The van der Waals surface area contributed by atoms with Gasteiger partial charge in [0.05, 0.1) is 12.2 Å². The Morgan fingerprint density at radius 2 is 1.78 bits per heavy atom. The second-order valence-corrected chi connectivity index (χ2v) is 9.37. The molecule has 0 bridgehead atoms. The van der Waals surface area contributed by atoms with Crippen molar-refractivity contribution in [2.75, 3.05) is 30.5 Å². The summed E-state index contributed by atoms with van der Waals surface area (Å²) in [6.07, 6.45) is 0. The zero-order chi connectivity index (χ0) is 26.1. The standard InChI is InChI=1S/C29H32N2O5/c1-7-35-23-15-9-19(16-22(23)17(2)3)27(32)25-26(24-14-8-18(4)36-24)31(29(34)28(25)33)21-12-10-20(11-13-21)30(5)6/h8-17,26,32H,7H2,1-6H3/b27-25-. The lowest BCUT2D eigenvalue weighted by Crippen LogP contribution is -2.29. The average Bonchev–Trinajstić information content (AvgIpc) is 3.39. The largest absolute Gasteiger partial charge is 0.507 e. The molecule has 7 heteroatoms. The number of ether oxygens (including phenoxy) is 1. The van der Waals surface area contributed by atoms with E-state index < -0.39 is 17.7 Å². The van der Waals surface area contributed by atoms with Gasteiger partial charge in [0.15, 0.2) is 0 Å². The number of furan rings is 1. The van der Waals surface area contributed by atoms with Crippen LogP contribution in [0.15, 0.2) is 64.6 Å². The first-order valence-corrected chi connectivity index (χ1v) is 12.1. The van der Waals surface area contributed by atoms with Gasteiger partial charge in [-0.3, -0.25) is 14.5 Å². The molecule has 0 spiro atoms. The van der Waals surface area contributed by atoms with Crippen LogP contribution in [0.1, 0.15) is 55.4 Å². The molecule has 188 valence electrons. The molecular formula is C29H32N2O5. The molecule has 36 heavy (non-hydrogen) atoms. The molecule has 1 aromatic heterocycles. The summed E-state index contributed by atoms with van der Waals surface area (Å²) in [6.45, 7) is 8.28. The third kappa shape index (κ3) is 4.49. The van der Waals surface area contributed by atoms with Gasteiger partial charge in [-0.1, -0.05) is 13.8 Å². The first-order valence-electron chi connectivity index (χ1n) is 12.1. The molecule has 1 aliphatic heterocycles. The first kappa shape index (κ1) is 25.1. The van der Waals surface area contributed by atoms with Gasteiger partial charge in [-0.2, -0.15) is 0 Å². The van der Waals surface area contributed by atoms with Gasteiger partial charge in [0.25, 0.3) is 11.7 Å². The summed E-state index contributed by atoms with van der Waals surface area (Å²) in [7, 11) is 3.85. The minimum Gasteiger partial charge on any atom is -0.507 e. The number of Topliss-reactive ketones (excluding diaryl/α,β-unsaturated/α-hetero) is 1. The fourth-order valence-electron chi connectivity index (χ4n) is 4.47. The van der Waals surface area contributed by atoms with Crippen molar-refractivity contribution in [1.29, 1.82) is 0 Å². The molecule has 2 aromatic carbocycles. The molecule has 1 unspecified atom stereocenters. The topological polar surface area (TPSA) is 83.2 Å². The van der Waals surface area contributed by atoms with Crippen molar-refractivity contribution in [3.05, 3.63) is 82.8 Å². The molecule has 0 radical (unpaired) electrons. The highest BCUT2D eigenvalue weighted by atomic mass is 16.5. The number of anilines is 2. The number of aryl methyl sites for hydroxylation is 1. The Morgan fingerprint density at radius 3 is 2.33 bits per heavy atom. The van der Waals surface area contributed by atoms with Crippen LogP contribution in [0.4, 0.5) is 11.4 Å². The van der Waals surface area contributed by atoms with Gasteiger partial charge in [0.2, 0.25) is 0 Å². The minimum atomic E-state index is -0.905. The van der Waals surface area contributed by atoms with Gasteiger partial charge in [-0.25, -0.2) is 0 Å². The van der Waals surface area contributed by atoms with Gasteiger partial charge >= 0.3 is 0 Å². The molecule has 3 aromatic rings. The fourth-order valence-corrected chi connectivity index (χ4v) is 4.47. The minimum absolute atomic E-state index is 0.00935. The Balaban J connectivity index is 1.89. The summed E-state index contributed by atoms with van der Waals surface area (Å²) in [6, 6.07) is 15.2. The number of benzene rings is 2. The van der Waals surface area contributed by atoms with E-state index in [1.165, 1.54) is 4.90 Å². The van der Waals surface area contributed by atoms with Crippen LogP contribution in [-0.2, 0) is 9.59 Å². The molecule has 1 N–H and O–H groups in total. The number of aliphatic hydroxyl groups is 1. The van der Waals surface area contributed by atoms with E-state index in [1.54, 1.807) is 43.3 Å². The summed E-state index contributed by atoms with van der Waals surface area (Å²) in [5.41, 5.74) is 2.83. The SMILES string of the molecule is CCOc1ccc(/C(O)=C2/C(=O)C(=O)N(c3ccc(N(C)C)cc3)C2c2ccc(C)o2)cc1C(C)C. The van der Waals surface area contributed by atoms with E-state index in [1.807, 2.05) is 58.0 Å². The molecule has 7 nitrogen and oxygen atoms in total. The molecule has 1 amide bonds. The quantitative estimate of drug-likeness (QED) is 0.257. The van der Waals surface area contributed by atoms with Gasteiger partial charge in [0, 0.05) is 31.0 Å². The molecule has 1 fully saturated rings. The summed E-state index contributed by atoms with van der Waals surface area (Å²) in [5.74, 6) is 0.169. The van der Waals surface area contributed by atoms with Crippen LogP contribution in [0, 0.1) is 6.92 Å². The van der Waals surface area contributed by atoms with Gasteiger partial charge in [-0.05, 0) is 79.9 Å². The van der Waals surface area contributed by atoms with Crippen molar-refractivity contribution in [2.45, 2.75) is 39.7 Å². The van der Waals surface area contributed by atoms with Gasteiger partial charge < -0.3 is 19.2 Å². The number of rotatable bonds is 7. The van der Waals surface area contributed by atoms with E-state index in [9.17, 15) is 14.7 Å². The van der Waals surface area contributed by atoms with Gasteiger partial charge in [-0.15, -0.1) is 0 Å². The van der Waals surface area contributed by atoms with Gasteiger partial charge in [0.1, 0.15) is 29.1 Å². The van der Waals surface area contributed by atoms with Crippen molar-refractivity contribution >= 4 is 28.8 Å². The van der Waals surface area contributed by atoms with E-state index >= 15 is 0 Å². The maximum Gasteiger partial charge on any atom is 0.300 e. The van der Waals surface area contributed by atoms with Crippen LogP contribution in [0.25, 0.3) is 5.76 Å². The number of ketones is 1.